The molecule has 0 radical (unpaired) electrons. The molecule has 1 fully saturated rings. The Morgan fingerprint density at radius 2 is 2.10 bits per heavy atom. The molecule has 0 aromatic heterocycles. The molecule has 0 saturated carbocycles. The number of halogens is 2. The van der Waals surface area contributed by atoms with E-state index in [0.29, 0.717) is 15.6 Å². The van der Waals surface area contributed by atoms with Gasteiger partial charge in [0.25, 0.3) is 0 Å². The molecule has 20 heavy (non-hydrogen) atoms. The summed E-state index contributed by atoms with van der Waals surface area (Å²) in [5, 5.41) is 12.6. The van der Waals surface area contributed by atoms with E-state index in [4.69, 9.17) is 33.0 Å². The number of nitrogens with one attached hydrogen (secondary N) is 1. The number of carbonyl (C=O) groups is 2. The molecule has 0 aliphatic carbocycles. The SMILES string of the molecule is O=C(Cc1ccc(Cl)cc1Cl)NC1COCC1C(=O)O. The minimum atomic E-state index is -0.975. The maximum absolute atomic E-state index is 11.9. The molecule has 1 aliphatic heterocycles. The third-order valence-electron chi connectivity index (χ3n) is 3.11. The van der Waals surface area contributed by atoms with E-state index >= 15 is 0 Å². The third kappa shape index (κ3) is 3.62. The minimum Gasteiger partial charge on any atom is -0.481 e. The number of hydrogen-bond acceptors (Lipinski definition) is 3. The maximum Gasteiger partial charge on any atom is 0.311 e. The van der Waals surface area contributed by atoms with E-state index in [1.807, 2.05) is 0 Å². The lowest BCUT2D eigenvalue weighted by atomic mass is 10.0. The zero-order valence-corrected chi connectivity index (χ0v) is 11.9. The van der Waals surface area contributed by atoms with E-state index < -0.39 is 17.9 Å². The van der Waals surface area contributed by atoms with Crippen LogP contribution in [-0.4, -0.2) is 36.2 Å². The molecule has 7 heteroatoms. The molecule has 2 rings (SSSR count). The molecular weight excluding hydrogens is 305 g/mol. The van der Waals surface area contributed by atoms with Crippen molar-refractivity contribution in [3.63, 3.8) is 0 Å². The van der Waals surface area contributed by atoms with Crippen LogP contribution in [0.5, 0.6) is 0 Å². The standard InChI is InChI=1S/C13H13Cl2NO4/c14-8-2-1-7(10(15)4-8)3-12(17)16-11-6-20-5-9(11)13(18)19/h1-2,4,9,11H,3,5-6H2,(H,16,17)(H,18,19). The summed E-state index contributed by atoms with van der Waals surface area (Å²) in [5.41, 5.74) is 0.638. The van der Waals surface area contributed by atoms with Gasteiger partial charge in [-0.25, -0.2) is 0 Å². The first kappa shape index (κ1) is 15.1. The molecular formula is C13H13Cl2NO4. The number of amides is 1. The van der Waals surface area contributed by atoms with Gasteiger partial charge in [0.2, 0.25) is 5.91 Å². The van der Waals surface area contributed by atoms with Crippen molar-refractivity contribution in [2.45, 2.75) is 12.5 Å². The average Bonchev–Trinajstić information content (AvgIpc) is 2.81. The molecule has 2 atom stereocenters. The fraction of sp³-hybridized carbons (Fsp3) is 0.385. The lowest BCUT2D eigenvalue weighted by Gasteiger charge is -2.16. The van der Waals surface area contributed by atoms with Crippen molar-refractivity contribution in [3.8, 4) is 0 Å². The summed E-state index contributed by atoms with van der Waals surface area (Å²) in [6, 6.07) is 4.37. The van der Waals surface area contributed by atoms with Gasteiger partial charge < -0.3 is 15.2 Å². The zero-order valence-electron chi connectivity index (χ0n) is 10.4. The third-order valence-corrected chi connectivity index (χ3v) is 3.70. The summed E-state index contributed by atoms with van der Waals surface area (Å²) < 4.78 is 5.08. The summed E-state index contributed by atoms with van der Waals surface area (Å²) in [6.45, 7) is 0.318. The van der Waals surface area contributed by atoms with Crippen LogP contribution < -0.4 is 5.32 Å². The van der Waals surface area contributed by atoms with E-state index in [0.717, 1.165) is 0 Å². The van der Waals surface area contributed by atoms with E-state index in [-0.39, 0.29) is 25.5 Å². The van der Waals surface area contributed by atoms with Crippen molar-refractivity contribution in [1.29, 1.82) is 0 Å². The summed E-state index contributed by atoms with van der Waals surface area (Å²) >= 11 is 11.8. The van der Waals surface area contributed by atoms with Crippen LogP contribution in [0.25, 0.3) is 0 Å². The normalized spacial score (nSPS) is 21.7. The van der Waals surface area contributed by atoms with Crippen LogP contribution in [0.3, 0.4) is 0 Å². The van der Waals surface area contributed by atoms with Gasteiger partial charge >= 0.3 is 5.97 Å². The first-order chi connectivity index (χ1) is 9.47. The number of hydrogen-bond donors (Lipinski definition) is 2. The highest BCUT2D eigenvalue weighted by Crippen LogP contribution is 2.21. The van der Waals surface area contributed by atoms with E-state index in [1.54, 1.807) is 18.2 Å². The van der Waals surface area contributed by atoms with Gasteiger partial charge in [0.1, 0.15) is 5.92 Å². The van der Waals surface area contributed by atoms with Crippen LogP contribution in [0, 0.1) is 5.92 Å². The number of carbonyl (C=O) groups excluding carboxylic acids is 1. The summed E-state index contributed by atoms with van der Waals surface area (Å²) in [5.74, 6) is -1.98. The Labute approximate surface area is 125 Å². The molecule has 5 nitrogen and oxygen atoms in total. The number of ether oxygens (including phenoxy) is 1. The monoisotopic (exact) mass is 317 g/mol. The van der Waals surface area contributed by atoms with E-state index in [9.17, 15) is 9.59 Å². The van der Waals surface area contributed by atoms with Crippen LogP contribution in [0.1, 0.15) is 5.56 Å². The van der Waals surface area contributed by atoms with Crippen molar-refractivity contribution < 1.29 is 19.4 Å². The molecule has 1 aliphatic rings. The molecule has 0 bridgehead atoms. The van der Waals surface area contributed by atoms with Crippen LogP contribution in [-0.2, 0) is 20.7 Å². The molecule has 0 spiro atoms. The van der Waals surface area contributed by atoms with Crippen LogP contribution >= 0.6 is 23.2 Å². The lowest BCUT2D eigenvalue weighted by molar-refractivity contribution is -0.142. The van der Waals surface area contributed by atoms with Crippen molar-refractivity contribution in [1.82, 2.24) is 5.32 Å². The van der Waals surface area contributed by atoms with Gasteiger partial charge in [-0.1, -0.05) is 29.3 Å². The van der Waals surface area contributed by atoms with E-state index in [2.05, 4.69) is 5.32 Å². The molecule has 2 unspecified atom stereocenters. The lowest BCUT2D eigenvalue weighted by Crippen LogP contribution is -2.43. The fourth-order valence-corrected chi connectivity index (χ4v) is 2.51. The van der Waals surface area contributed by atoms with Gasteiger partial charge in [-0.2, -0.15) is 0 Å². The number of aliphatic carboxylic acids is 1. The molecule has 1 heterocycles. The summed E-state index contributed by atoms with van der Waals surface area (Å²) in [4.78, 5) is 22.9. The van der Waals surface area contributed by atoms with Crippen molar-refractivity contribution in [2.24, 2.45) is 5.92 Å². The largest absolute Gasteiger partial charge is 0.481 e. The van der Waals surface area contributed by atoms with Crippen molar-refractivity contribution in [2.75, 3.05) is 13.2 Å². The second kappa shape index (κ2) is 6.43. The maximum atomic E-state index is 11.9. The summed E-state index contributed by atoms with van der Waals surface area (Å²) in [6.07, 6.45) is 0.0683. The Morgan fingerprint density at radius 3 is 2.75 bits per heavy atom. The number of rotatable bonds is 4. The number of benzene rings is 1. The Bertz CT molecular complexity index is 535. The molecule has 1 amide bonds. The zero-order chi connectivity index (χ0) is 14.7. The predicted octanol–water partition coefficient (Wildman–Crippen LogP) is 1.75. The molecule has 1 aromatic rings. The average molecular weight is 318 g/mol. The predicted molar refractivity (Wildman–Crippen MR) is 74.0 cm³/mol. The van der Waals surface area contributed by atoms with Gasteiger partial charge in [0.05, 0.1) is 25.7 Å². The Hall–Kier alpha value is -1.30. The van der Waals surface area contributed by atoms with Gasteiger partial charge in [-0.05, 0) is 17.7 Å². The topological polar surface area (TPSA) is 75.6 Å². The highest BCUT2D eigenvalue weighted by Gasteiger charge is 2.34. The van der Waals surface area contributed by atoms with Crippen LogP contribution in [0.2, 0.25) is 10.0 Å². The molecule has 1 saturated heterocycles. The first-order valence-corrected chi connectivity index (χ1v) is 6.77. The van der Waals surface area contributed by atoms with Crippen LogP contribution in [0.15, 0.2) is 18.2 Å². The first-order valence-electron chi connectivity index (χ1n) is 6.01. The van der Waals surface area contributed by atoms with Gasteiger partial charge in [-0.3, -0.25) is 9.59 Å². The van der Waals surface area contributed by atoms with Gasteiger partial charge in [0, 0.05) is 10.0 Å². The second-order valence-corrected chi connectivity index (χ2v) is 5.41. The van der Waals surface area contributed by atoms with Crippen molar-refractivity contribution >= 4 is 35.1 Å². The highest BCUT2D eigenvalue weighted by atomic mass is 35.5. The highest BCUT2D eigenvalue weighted by molar-refractivity contribution is 6.35. The van der Waals surface area contributed by atoms with Gasteiger partial charge in [-0.15, -0.1) is 0 Å². The molecule has 108 valence electrons. The fourth-order valence-electron chi connectivity index (χ4n) is 2.04. The molecule has 1 aromatic carbocycles. The second-order valence-electron chi connectivity index (χ2n) is 4.57. The number of carboxylic acid groups (broad SMARTS) is 1. The smallest absolute Gasteiger partial charge is 0.311 e. The Kier molecular flexibility index (Phi) is 4.86. The Morgan fingerprint density at radius 1 is 1.35 bits per heavy atom. The van der Waals surface area contributed by atoms with Crippen molar-refractivity contribution in [3.05, 3.63) is 33.8 Å². The van der Waals surface area contributed by atoms with Crippen LogP contribution in [0.4, 0.5) is 0 Å². The van der Waals surface area contributed by atoms with E-state index in [1.165, 1.54) is 0 Å². The number of carboxylic acids is 1. The minimum absolute atomic E-state index is 0.0683. The van der Waals surface area contributed by atoms with Gasteiger partial charge in [0.15, 0.2) is 0 Å². The summed E-state index contributed by atoms with van der Waals surface area (Å²) in [7, 11) is 0. The quantitative estimate of drug-likeness (QED) is 0.887. The molecule has 2 N–H and O–H groups in total. The Balaban J connectivity index is 1.97.